The summed E-state index contributed by atoms with van der Waals surface area (Å²) in [5.74, 6) is 0. The predicted octanol–water partition coefficient (Wildman–Crippen LogP) is 3.66. The van der Waals surface area contributed by atoms with Gasteiger partial charge in [-0.25, -0.2) is 0 Å². The van der Waals surface area contributed by atoms with Crippen molar-refractivity contribution in [2.24, 2.45) is 5.41 Å². The summed E-state index contributed by atoms with van der Waals surface area (Å²) in [5.41, 5.74) is 1.86. The highest BCUT2D eigenvalue weighted by atomic mass is 15.1. The number of piperidine rings is 1. The molecule has 0 bridgehead atoms. The lowest BCUT2D eigenvalue weighted by molar-refractivity contribution is 0.137. The first kappa shape index (κ1) is 14.6. The Labute approximate surface area is 128 Å². The van der Waals surface area contributed by atoms with Crippen LogP contribution in [0.5, 0.6) is 0 Å². The minimum atomic E-state index is 0.455. The molecule has 112 valence electrons. The van der Waals surface area contributed by atoms with Crippen LogP contribution in [0.4, 0.5) is 0 Å². The fourth-order valence-electron chi connectivity index (χ4n) is 3.28. The summed E-state index contributed by atoms with van der Waals surface area (Å²) in [7, 11) is 2.23. The minimum absolute atomic E-state index is 0.455. The van der Waals surface area contributed by atoms with Crippen LogP contribution in [-0.2, 0) is 6.54 Å². The second-order valence-electron chi connectivity index (χ2n) is 6.86. The molecule has 1 fully saturated rings. The zero-order chi connectivity index (χ0) is 14.7. The number of nitrogens with one attached hydrogen (secondary N) is 1. The van der Waals surface area contributed by atoms with Crippen molar-refractivity contribution in [3.05, 3.63) is 48.0 Å². The van der Waals surface area contributed by atoms with Crippen LogP contribution in [0.1, 0.15) is 25.3 Å². The summed E-state index contributed by atoms with van der Waals surface area (Å²) < 4.78 is 0. The average Bonchev–Trinajstić information content (AvgIpc) is 2.51. The largest absolute Gasteiger partial charge is 0.312 e. The van der Waals surface area contributed by atoms with Crippen molar-refractivity contribution in [3.8, 4) is 0 Å². The van der Waals surface area contributed by atoms with E-state index >= 15 is 0 Å². The zero-order valence-electron chi connectivity index (χ0n) is 13.2. The number of rotatable bonds is 4. The fourth-order valence-corrected chi connectivity index (χ4v) is 3.28. The smallest absolute Gasteiger partial charge is 0.0211 e. The Kier molecular flexibility index (Phi) is 4.27. The highest BCUT2D eigenvalue weighted by Gasteiger charge is 2.28. The molecule has 0 aromatic heterocycles. The lowest BCUT2D eigenvalue weighted by Crippen LogP contribution is -2.41. The Hall–Kier alpha value is -1.38. The fraction of sp³-hybridized carbons (Fsp3) is 0.474. The lowest BCUT2D eigenvalue weighted by atomic mass is 9.80. The van der Waals surface area contributed by atoms with Gasteiger partial charge in [-0.05, 0) is 54.7 Å². The molecule has 1 heterocycles. The Morgan fingerprint density at radius 1 is 1.05 bits per heavy atom. The van der Waals surface area contributed by atoms with Crippen LogP contribution in [0.25, 0.3) is 10.8 Å². The molecule has 0 aliphatic carbocycles. The molecule has 1 N–H and O–H groups in total. The van der Waals surface area contributed by atoms with Gasteiger partial charge >= 0.3 is 0 Å². The molecule has 0 saturated carbocycles. The van der Waals surface area contributed by atoms with Crippen LogP contribution in [-0.4, -0.2) is 31.6 Å². The molecule has 2 heteroatoms. The third-order valence-corrected chi connectivity index (χ3v) is 4.94. The van der Waals surface area contributed by atoms with Gasteiger partial charge in [0, 0.05) is 13.1 Å². The van der Waals surface area contributed by atoms with Crippen molar-refractivity contribution >= 4 is 10.8 Å². The normalized spacial score (nSPS) is 19.0. The molecule has 1 saturated heterocycles. The third-order valence-electron chi connectivity index (χ3n) is 4.94. The van der Waals surface area contributed by atoms with Gasteiger partial charge in [0.2, 0.25) is 0 Å². The van der Waals surface area contributed by atoms with Crippen molar-refractivity contribution in [2.75, 3.05) is 26.7 Å². The van der Waals surface area contributed by atoms with Crippen LogP contribution < -0.4 is 5.32 Å². The highest BCUT2D eigenvalue weighted by molar-refractivity contribution is 5.85. The van der Waals surface area contributed by atoms with Gasteiger partial charge in [0.1, 0.15) is 0 Å². The molecule has 2 aromatic rings. The molecule has 1 aliphatic rings. The number of hydrogen-bond donors (Lipinski definition) is 1. The SMILES string of the molecule is CN1CCC(C)(CNCc2cccc3ccccc23)CC1. The predicted molar refractivity (Wildman–Crippen MR) is 90.5 cm³/mol. The summed E-state index contributed by atoms with van der Waals surface area (Å²) in [6, 6.07) is 15.3. The Morgan fingerprint density at radius 2 is 1.76 bits per heavy atom. The molecule has 0 radical (unpaired) electrons. The van der Waals surface area contributed by atoms with E-state index in [9.17, 15) is 0 Å². The molecule has 21 heavy (non-hydrogen) atoms. The van der Waals surface area contributed by atoms with Gasteiger partial charge in [0.05, 0.1) is 0 Å². The van der Waals surface area contributed by atoms with E-state index in [1.165, 1.54) is 42.3 Å². The lowest BCUT2D eigenvalue weighted by Gasteiger charge is -2.38. The van der Waals surface area contributed by atoms with Gasteiger partial charge in [-0.3, -0.25) is 0 Å². The molecule has 2 aromatic carbocycles. The summed E-state index contributed by atoms with van der Waals surface area (Å²) in [5, 5.41) is 6.41. The van der Waals surface area contributed by atoms with E-state index in [1.54, 1.807) is 0 Å². The van der Waals surface area contributed by atoms with Gasteiger partial charge in [0.15, 0.2) is 0 Å². The van der Waals surface area contributed by atoms with Gasteiger partial charge in [-0.15, -0.1) is 0 Å². The van der Waals surface area contributed by atoms with Gasteiger partial charge < -0.3 is 10.2 Å². The zero-order valence-corrected chi connectivity index (χ0v) is 13.2. The molecule has 1 aliphatic heterocycles. The minimum Gasteiger partial charge on any atom is -0.312 e. The monoisotopic (exact) mass is 282 g/mol. The van der Waals surface area contributed by atoms with Crippen molar-refractivity contribution in [3.63, 3.8) is 0 Å². The summed E-state index contributed by atoms with van der Waals surface area (Å²) in [6.07, 6.45) is 2.60. The van der Waals surface area contributed by atoms with Crippen molar-refractivity contribution < 1.29 is 0 Å². The number of likely N-dealkylation sites (tertiary alicyclic amines) is 1. The standard InChI is InChI=1S/C19H26N2/c1-19(10-12-21(2)13-11-19)15-20-14-17-8-5-7-16-6-3-4-9-18(16)17/h3-9,20H,10-15H2,1-2H3. The Morgan fingerprint density at radius 3 is 2.57 bits per heavy atom. The van der Waals surface area contributed by atoms with Gasteiger partial charge in [-0.2, -0.15) is 0 Å². The second-order valence-corrected chi connectivity index (χ2v) is 6.86. The van der Waals surface area contributed by atoms with Crippen LogP contribution >= 0.6 is 0 Å². The van der Waals surface area contributed by atoms with Crippen LogP contribution in [0, 0.1) is 5.41 Å². The van der Waals surface area contributed by atoms with E-state index in [-0.39, 0.29) is 0 Å². The first-order valence-corrected chi connectivity index (χ1v) is 8.02. The first-order chi connectivity index (χ1) is 10.2. The number of hydrogen-bond acceptors (Lipinski definition) is 2. The molecule has 0 atom stereocenters. The topological polar surface area (TPSA) is 15.3 Å². The summed E-state index contributed by atoms with van der Waals surface area (Å²) in [4.78, 5) is 2.44. The van der Waals surface area contributed by atoms with E-state index in [2.05, 4.69) is 66.7 Å². The van der Waals surface area contributed by atoms with E-state index < -0.39 is 0 Å². The second kappa shape index (κ2) is 6.17. The van der Waals surface area contributed by atoms with E-state index in [0.717, 1.165) is 13.1 Å². The van der Waals surface area contributed by atoms with Crippen molar-refractivity contribution in [1.29, 1.82) is 0 Å². The highest BCUT2D eigenvalue weighted by Crippen LogP contribution is 2.29. The average molecular weight is 282 g/mol. The van der Waals surface area contributed by atoms with E-state index in [0.29, 0.717) is 5.41 Å². The Bertz CT molecular complexity index is 592. The van der Waals surface area contributed by atoms with Gasteiger partial charge in [0.25, 0.3) is 0 Å². The summed E-state index contributed by atoms with van der Waals surface area (Å²) >= 11 is 0. The van der Waals surface area contributed by atoms with Gasteiger partial charge in [-0.1, -0.05) is 49.4 Å². The van der Waals surface area contributed by atoms with E-state index in [4.69, 9.17) is 0 Å². The van der Waals surface area contributed by atoms with Crippen molar-refractivity contribution in [1.82, 2.24) is 10.2 Å². The Balaban J connectivity index is 1.62. The first-order valence-electron chi connectivity index (χ1n) is 8.02. The number of fused-ring (bicyclic) bond motifs is 1. The molecule has 2 nitrogen and oxygen atoms in total. The van der Waals surface area contributed by atoms with E-state index in [1.807, 2.05) is 0 Å². The van der Waals surface area contributed by atoms with Crippen LogP contribution in [0.2, 0.25) is 0 Å². The third kappa shape index (κ3) is 3.45. The summed E-state index contributed by atoms with van der Waals surface area (Å²) in [6.45, 7) is 6.96. The maximum absolute atomic E-state index is 3.70. The maximum Gasteiger partial charge on any atom is 0.0211 e. The molecular formula is C19H26N2. The molecule has 0 unspecified atom stereocenters. The molecule has 3 rings (SSSR count). The molecular weight excluding hydrogens is 256 g/mol. The number of nitrogens with zero attached hydrogens (tertiary/aromatic N) is 1. The van der Waals surface area contributed by atoms with Crippen LogP contribution in [0.15, 0.2) is 42.5 Å². The number of benzene rings is 2. The molecule has 0 amide bonds. The maximum atomic E-state index is 3.70. The van der Waals surface area contributed by atoms with Crippen molar-refractivity contribution in [2.45, 2.75) is 26.3 Å². The quantitative estimate of drug-likeness (QED) is 0.920. The molecule has 0 spiro atoms. The van der Waals surface area contributed by atoms with Crippen LogP contribution in [0.3, 0.4) is 0 Å².